The maximum Gasteiger partial charge on any atom is 0.253 e. The zero-order chi connectivity index (χ0) is 15.8. The molecule has 118 valence electrons. The second-order valence-electron chi connectivity index (χ2n) is 6.49. The van der Waals surface area contributed by atoms with Crippen LogP contribution in [0.5, 0.6) is 0 Å². The van der Waals surface area contributed by atoms with E-state index in [1.165, 1.54) is 0 Å². The second-order valence-corrected chi connectivity index (χ2v) is 6.76. The van der Waals surface area contributed by atoms with Crippen molar-refractivity contribution < 1.29 is 4.79 Å². The minimum Gasteiger partial charge on any atom is -0.339 e. The number of nitrogens with zero attached hydrogens (tertiary/aromatic N) is 1. The molecule has 0 heterocycles. The van der Waals surface area contributed by atoms with Gasteiger partial charge in [-0.1, -0.05) is 39.8 Å². The van der Waals surface area contributed by atoms with E-state index < -0.39 is 0 Å². The monoisotopic (exact) mass is 309 g/mol. The SMILES string of the molecule is CC(C)CCN(CCC(C)C)C(=O)c1cccc(CCl)c1. The van der Waals surface area contributed by atoms with Crippen molar-refractivity contribution in [2.75, 3.05) is 13.1 Å². The van der Waals surface area contributed by atoms with Crippen molar-refractivity contribution in [3.8, 4) is 0 Å². The fourth-order valence-corrected chi connectivity index (χ4v) is 2.28. The highest BCUT2D eigenvalue weighted by molar-refractivity contribution is 6.17. The number of alkyl halides is 1. The Morgan fingerprint density at radius 2 is 1.67 bits per heavy atom. The Morgan fingerprint density at radius 1 is 1.10 bits per heavy atom. The quantitative estimate of drug-likeness (QED) is 0.621. The Labute approximate surface area is 134 Å². The number of hydrogen-bond donors (Lipinski definition) is 0. The van der Waals surface area contributed by atoms with E-state index in [-0.39, 0.29) is 5.91 Å². The van der Waals surface area contributed by atoms with E-state index in [1.807, 2.05) is 29.2 Å². The van der Waals surface area contributed by atoms with Crippen LogP contribution in [0.2, 0.25) is 0 Å². The lowest BCUT2D eigenvalue weighted by Crippen LogP contribution is -2.34. The molecule has 0 saturated heterocycles. The molecular formula is C18H28ClNO. The molecule has 0 aliphatic rings. The Balaban J connectivity index is 2.81. The zero-order valence-electron chi connectivity index (χ0n) is 13.7. The molecule has 0 fully saturated rings. The largest absolute Gasteiger partial charge is 0.339 e. The van der Waals surface area contributed by atoms with Gasteiger partial charge in [-0.05, 0) is 42.4 Å². The number of benzene rings is 1. The molecule has 1 amide bonds. The molecule has 0 spiro atoms. The van der Waals surface area contributed by atoms with E-state index in [9.17, 15) is 4.79 Å². The van der Waals surface area contributed by atoms with Gasteiger partial charge in [0.05, 0.1) is 0 Å². The molecule has 1 aromatic rings. The second kappa shape index (κ2) is 9.09. The number of amides is 1. The van der Waals surface area contributed by atoms with E-state index in [0.717, 1.165) is 37.1 Å². The molecule has 21 heavy (non-hydrogen) atoms. The van der Waals surface area contributed by atoms with Crippen molar-refractivity contribution >= 4 is 17.5 Å². The van der Waals surface area contributed by atoms with Crippen LogP contribution in [0.4, 0.5) is 0 Å². The summed E-state index contributed by atoms with van der Waals surface area (Å²) in [5.74, 6) is 1.78. The third-order valence-corrected chi connectivity index (χ3v) is 3.88. The van der Waals surface area contributed by atoms with Crippen LogP contribution < -0.4 is 0 Å². The van der Waals surface area contributed by atoms with Crippen molar-refractivity contribution in [1.82, 2.24) is 4.90 Å². The number of hydrogen-bond acceptors (Lipinski definition) is 1. The smallest absolute Gasteiger partial charge is 0.253 e. The summed E-state index contributed by atoms with van der Waals surface area (Å²) in [4.78, 5) is 14.7. The highest BCUT2D eigenvalue weighted by Gasteiger charge is 2.16. The summed E-state index contributed by atoms with van der Waals surface area (Å²) in [7, 11) is 0. The molecule has 0 atom stereocenters. The van der Waals surface area contributed by atoms with Crippen LogP contribution in [0, 0.1) is 11.8 Å². The van der Waals surface area contributed by atoms with Crippen molar-refractivity contribution in [3.05, 3.63) is 35.4 Å². The standard InChI is InChI=1S/C18H28ClNO/c1-14(2)8-10-20(11-9-15(3)4)18(21)17-7-5-6-16(12-17)13-19/h5-7,12,14-15H,8-11,13H2,1-4H3. The zero-order valence-corrected chi connectivity index (χ0v) is 14.5. The van der Waals surface area contributed by atoms with E-state index in [1.54, 1.807) is 0 Å². The van der Waals surface area contributed by atoms with Gasteiger partial charge in [-0.25, -0.2) is 0 Å². The fourth-order valence-electron chi connectivity index (χ4n) is 2.11. The van der Waals surface area contributed by atoms with Crippen LogP contribution in [0.15, 0.2) is 24.3 Å². The van der Waals surface area contributed by atoms with Crippen LogP contribution in [0.3, 0.4) is 0 Å². The summed E-state index contributed by atoms with van der Waals surface area (Å²) in [6.07, 6.45) is 2.08. The minimum atomic E-state index is 0.128. The first-order chi connectivity index (χ1) is 9.93. The Hall–Kier alpha value is -1.02. The molecule has 2 nitrogen and oxygen atoms in total. The Kier molecular flexibility index (Phi) is 7.81. The van der Waals surface area contributed by atoms with Crippen LogP contribution in [-0.4, -0.2) is 23.9 Å². The molecule has 0 unspecified atom stereocenters. The van der Waals surface area contributed by atoms with Crippen molar-refractivity contribution in [1.29, 1.82) is 0 Å². The predicted octanol–water partition coefficient (Wildman–Crippen LogP) is 4.96. The van der Waals surface area contributed by atoms with Gasteiger partial charge in [0, 0.05) is 24.5 Å². The van der Waals surface area contributed by atoms with Gasteiger partial charge in [-0.15, -0.1) is 11.6 Å². The van der Waals surface area contributed by atoms with Crippen LogP contribution in [0.1, 0.15) is 56.5 Å². The summed E-state index contributed by atoms with van der Waals surface area (Å²) >= 11 is 5.86. The number of halogens is 1. The van der Waals surface area contributed by atoms with Crippen LogP contribution in [0.25, 0.3) is 0 Å². The maximum absolute atomic E-state index is 12.7. The van der Waals surface area contributed by atoms with Gasteiger partial charge in [0.1, 0.15) is 0 Å². The summed E-state index contributed by atoms with van der Waals surface area (Å²) < 4.78 is 0. The van der Waals surface area contributed by atoms with Gasteiger partial charge in [-0.2, -0.15) is 0 Å². The third kappa shape index (κ3) is 6.52. The van der Waals surface area contributed by atoms with Gasteiger partial charge in [0.15, 0.2) is 0 Å². The number of rotatable bonds is 8. The van der Waals surface area contributed by atoms with Crippen molar-refractivity contribution in [2.24, 2.45) is 11.8 Å². The number of carbonyl (C=O) groups is 1. The van der Waals surface area contributed by atoms with E-state index in [4.69, 9.17) is 11.6 Å². The van der Waals surface area contributed by atoms with Crippen LogP contribution in [-0.2, 0) is 5.88 Å². The first-order valence-electron chi connectivity index (χ1n) is 7.88. The molecule has 0 bridgehead atoms. The van der Waals surface area contributed by atoms with Gasteiger partial charge >= 0.3 is 0 Å². The molecule has 0 N–H and O–H groups in total. The molecule has 0 aromatic heterocycles. The minimum absolute atomic E-state index is 0.128. The molecule has 0 aliphatic heterocycles. The molecule has 3 heteroatoms. The lowest BCUT2D eigenvalue weighted by molar-refractivity contribution is 0.0740. The first-order valence-corrected chi connectivity index (χ1v) is 8.41. The van der Waals surface area contributed by atoms with Gasteiger partial charge in [0.25, 0.3) is 5.91 Å². The molecule has 1 aromatic carbocycles. The first kappa shape index (κ1) is 18.0. The Morgan fingerprint density at radius 3 is 2.14 bits per heavy atom. The van der Waals surface area contributed by atoms with Gasteiger partial charge in [-0.3, -0.25) is 4.79 Å². The van der Waals surface area contributed by atoms with Crippen molar-refractivity contribution in [3.63, 3.8) is 0 Å². The molecule has 0 saturated carbocycles. The summed E-state index contributed by atoms with van der Waals surface area (Å²) in [5, 5.41) is 0. The van der Waals surface area contributed by atoms with E-state index >= 15 is 0 Å². The normalized spacial score (nSPS) is 11.2. The average molecular weight is 310 g/mol. The van der Waals surface area contributed by atoms with Crippen LogP contribution >= 0.6 is 11.6 Å². The number of carbonyl (C=O) groups excluding carboxylic acids is 1. The maximum atomic E-state index is 12.7. The molecule has 0 aliphatic carbocycles. The molecule has 0 radical (unpaired) electrons. The lowest BCUT2D eigenvalue weighted by atomic mass is 10.1. The average Bonchev–Trinajstić information content (AvgIpc) is 2.46. The Bertz CT molecular complexity index is 431. The topological polar surface area (TPSA) is 20.3 Å². The molecular weight excluding hydrogens is 282 g/mol. The van der Waals surface area contributed by atoms with Crippen molar-refractivity contribution in [2.45, 2.75) is 46.4 Å². The third-order valence-electron chi connectivity index (χ3n) is 3.57. The fraction of sp³-hybridized carbons (Fsp3) is 0.611. The lowest BCUT2D eigenvalue weighted by Gasteiger charge is -2.25. The highest BCUT2D eigenvalue weighted by Crippen LogP contribution is 2.14. The van der Waals surface area contributed by atoms with E-state index in [0.29, 0.717) is 17.7 Å². The highest BCUT2D eigenvalue weighted by atomic mass is 35.5. The van der Waals surface area contributed by atoms with Gasteiger partial charge in [0.2, 0.25) is 0 Å². The summed E-state index contributed by atoms with van der Waals surface area (Å²) in [5.41, 5.74) is 1.75. The molecule has 1 rings (SSSR count). The predicted molar refractivity (Wildman–Crippen MR) is 90.8 cm³/mol. The van der Waals surface area contributed by atoms with E-state index in [2.05, 4.69) is 27.7 Å². The summed E-state index contributed by atoms with van der Waals surface area (Å²) in [6.45, 7) is 10.4. The van der Waals surface area contributed by atoms with Gasteiger partial charge < -0.3 is 4.90 Å². The summed E-state index contributed by atoms with van der Waals surface area (Å²) in [6, 6.07) is 7.66.